The van der Waals surface area contributed by atoms with Crippen molar-refractivity contribution in [3.05, 3.63) is 35.9 Å². The summed E-state index contributed by atoms with van der Waals surface area (Å²) in [5, 5.41) is 15.4. The number of likely N-dealkylation sites (N-methyl/N-ethyl adjacent to an activating group) is 1. The van der Waals surface area contributed by atoms with Crippen LogP contribution in [0.25, 0.3) is 0 Å². The summed E-state index contributed by atoms with van der Waals surface area (Å²) < 4.78 is 39.8. The number of benzene rings is 1. The summed E-state index contributed by atoms with van der Waals surface area (Å²) in [5.41, 5.74) is 0.789. The van der Waals surface area contributed by atoms with Crippen molar-refractivity contribution in [1.82, 2.24) is 20.4 Å². The van der Waals surface area contributed by atoms with Gasteiger partial charge < -0.3 is 25.5 Å². The van der Waals surface area contributed by atoms with Crippen molar-refractivity contribution in [2.24, 2.45) is 0 Å². The van der Waals surface area contributed by atoms with Crippen LogP contribution in [0.3, 0.4) is 0 Å². The van der Waals surface area contributed by atoms with Gasteiger partial charge in [0.25, 0.3) is 0 Å². The lowest BCUT2D eigenvalue weighted by atomic mass is 10.1. The van der Waals surface area contributed by atoms with Gasteiger partial charge in [-0.25, -0.2) is 0 Å². The molecule has 3 N–H and O–H groups in total. The molecule has 1 saturated heterocycles. The number of amides is 3. The number of aliphatic hydroxyl groups is 1. The fourth-order valence-electron chi connectivity index (χ4n) is 3.91. The van der Waals surface area contributed by atoms with Gasteiger partial charge >= 0.3 is 12.1 Å². The van der Waals surface area contributed by atoms with Crippen LogP contribution in [-0.4, -0.2) is 89.7 Å². The molecule has 0 aromatic heterocycles. The predicted molar refractivity (Wildman–Crippen MR) is 120 cm³/mol. The number of nitrogens with one attached hydrogen (secondary N) is 2. The second kappa shape index (κ2) is 12.2. The summed E-state index contributed by atoms with van der Waals surface area (Å²) in [7, 11) is 1.57. The van der Waals surface area contributed by atoms with Gasteiger partial charge in [0.1, 0.15) is 6.04 Å². The number of hydrogen-bond donors (Lipinski definition) is 3. The topological polar surface area (TPSA) is 102 Å². The lowest BCUT2D eigenvalue weighted by molar-refractivity contribution is -0.186. The van der Waals surface area contributed by atoms with Crippen LogP contribution in [0, 0.1) is 0 Å². The van der Waals surface area contributed by atoms with Crippen LogP contribution in [0.5, 0.6) is 0 Å². The van der Waals surface area contributed by atoms with E-state index in [0.717, 1.165) is 10.5 Å². The molecule has 0 radical (unpaired) electrons. The summed E-state index contributed by atoms with van der Waals surface area (Å²) in [6.07, 6.45) is -5.07. The van der Waals surface area contributed by atoms with Crippen LogP contribution in [0.2, 0.25) is 0 Å². The minimum absolute atomic E-state index is 0.156. The monoisotopic (exact) mass is 486 g/mol. The lowest BCUT2D eigenvalue weighted by Crippen LogP contribution is -2.58. The molecular formula is C23H33F3N4O4. The maximum Gasteiger partial charge on any atom is 0.471 e. The highest BCUT2D eigenvalue weighted by Crippen LogP contribution is 2.24. The molecular weight excluding hydrogens is 453 g/mol. The Morgan fingerprint density at radius 2 is 1.85 bits per heavy atom. The molecule has 0 spiro atoms. The van der Waals surface area contributed by atoms with Crippen LogP contribution < -0.4 is 10.6 Å². The Morgan fingerprint density at radius 3 is 2.41 bits per heavy atom. The number of halogens is 3. The molecule has 0 aliphatic carbocycles. The van der Waals surface area contributed by atoms with E-state index in [9.17, 15) is 32.7 Å². The molecule has 11 heteroatoms. The first-order valence-corrected chi connectivity index (χ1v) is 11.3. The van der Waals surface area contributed by atoms with Crippen LogP contribution >= 0.6 is 0 Å². The lowest BCUT2D eigenvalue weighted by Gasteiger charge is -2.34. The van der Waals surface area contributed by atoms with Crippen molar-refractivity contribution in [2.75, 3.05) is 26.7 Å². The number of aliphatic hydroxyl groups excluding tert-OH is 1. The first-order chi connectivity index (χ1) is 16.0. The Bertz CT molecular complexity index is 835. The number of hydrogen-bond acceptors (Lipinski definition) is 5. The Labute approximate surface area is 197 Å². The third-order valence-electron chi connectivity index (χ3n) is 6.01. The smallest absolute Gasteiger partial charge is 0.391 e. The third kappa shape index (κ3) is 7.42. The van der Waals surface area contributed by atoms with Crippen molar-refractivity contribution < 1.29 is 32.7 Å². The first-order valence-electron chi connectivity index (χ1n) is 11.3. The first kappa shape index (κ1) is 27.6. The highest BCUT2D eigenvalue weighted by atomic mass is 19.4. The van der Waals surface area contributed by atoms with Crippen LogP contribution in [-0.2, 0) is 20.8 Å². The van der Waals surface area contributed by atoms with Crippen molar-refractivity contribution >= 4 is 17.7 Å². The van der Waals surface area contributed by atoms with Gasteiger partial charge in [-0.3, -0.25) is 14.4 Å². The summed E-state index contributed by atoms with van der Waals surface area (Å²) in [6, 6.07) is 6.34. The average Bonchev–Trinajstić information content (AvgIpc) is 3.26. The van der Waals surface area contributed by atoms with Gasteiger partial charge in [-0.05, 0) is 45.7 Å². The maximum absolute atomic E-state index is 13.3. The van der Waals surface area contributed by atoms with Gasteiger partial charge in [-0.15, -0.1) is 0 Å². The Hall–Kier alpha value is -2.66. The molecule has 0 saturated carbocycles. The van der Waals surface area contributed by atoms with Gasteiger partial charge in [0.15, 0.2) is 0 Å². The SMILES string of the molecule is CN[C@@H](C)C(=O)N[C@H](C(=O)N1CCC[C@H]1CN(CCc1ccccc1)C(=O)C(F)(F)F)[C@@H](C)O. The molecule has 1 aliphatic heterocycles. The van der Waals surface area contributed by atoms with E-state index in [4.69, 9.17) is 0 Å². The molecule has 8 nitrogen and oxygen atoms in total. The number of carbonyl (C=O) groups is 3. The molecule has 1 fully saturated rings. The molecule has 2 rings (SSSR count). The van der Waals surface area contributed by atoms with Crippen molar-refractivity contribution in [3.63, 3.8) is 0 Å². The minimum atomic E-state index is -5.04. The quantitative estimate of drug-likeness (QED) is 0.460. The predicted octanol–water partition coefficient (Wildman–Crippen LogP) is 1.08. The zero-order valence-corrected chi connectivity index (χ0v) is 19.6. The molecule has 34 heavy (non-hydrogen) atoms. The molecule has 1 heterocycles. The van der Waals surface area contributed by atoms with Crippen LogP contribution in [0.15, 0.2) is 30.3 Å². The fraction of sp³-hybridized carbons (Fsp3) is 0.609. The zero-order chi connectivity index (χ0) is 25.5. The van der Waals surface area contributed by atoms with Gasteiger partial charge in [0.05, 0.1) is 12.1 Å². The van der Waals surface area contributed by atoms with Gasteiger partial charge in [-0.1, -0.05) is 30.3 Å². The van der Waals surface area contributed by atoms with E-state index in [1.807, 2.05) is 0 Å². The second-order valence-corrected chi connectivity index (χ2v) is 8.55. The van der Waals surface area contributed by atoms with E-state index in [1.165, 1.54) is 11.8 Å². The fourth-order valence-corrected chi connectivity index (χ4v) is 3.91. The van der Waals surface area contributed by atoms with Crippen LogP contribution in [0.1, 0.15) is 32.3 Å². The molecule has 1 aromatic rings. The Morgan fingerprint density at radius 1 is 1.21 bits per heavy atom. The van der Waals surface area contributed by atoms with Gasteiger partial charge in [-0.2, -0.15) is 13.2 Å². The van der Waals surface area contributed by atoms with Crippen molar-refractivity contribution in [2.45, 2.75) is 63.5 Å². The minimum Gasteiger partial charge on any atom is -0.391 e. The number of carbonyl (C=O) groups excluding carboxylic acids is 3. The number of likely N-dealkylation sites (tertiary alicyclic amines) is 1. The van der Waals surface area contributed by atoms with E-state index in [-0.39, 0.29) is 26.1 Å². The summed E-state index contributed by atoms with van der Waals surface area (Å²) in [5.74, 6) is -3.03. The van der Waals surface area contributed by atoms with E-state index in [2.05, 4.69) is 10.6 Å². The summed E-state index contributed by atoms with van der Waals surface area (Å²) in [6.45, 7) is 2.76. The van der Waals surface area contributed by atoms with Gasteiger partial charge in [0.2, 0.25) is 11.8 Å². The van der Waals surface area contributed by atoms with Gasteiger partial charge in [0, 0.05) is 25.7 Å². The molecule has 0 bridgehead atoms. The Balaban J connectivity index is 2.17. The van der Waals surface area contributed by atoms with E-state index < -0.39 is 48.1 Å². The van der Waals surface area contributed by atoms with E-state index >= 15 is 0 Å². The Kier molecular flexibility index (Phi) is 9.87. The second-order valence-electron chi connectivity index (χ2n) is 8.55. The van der Waals surface area contributed by atoms with Crippen molar-refractivity contribution in [1.29, 1.82) is 0 Å². The molecule has 190 valence electrons. The summed E-state index contributed by atoms with van der Waals surface area (Å²) in [4.78, 5) is 39.7. The maximum atomic E-state index is 13.3. The van der Waals surface area contributed by atoms with Crippen LogP contribution in [0.4, 0.5) is 13.2 Å². The average molecular weight is 487 g/mol. The normalized spacial score (nSPS) is 18.8. The van der Waals surface area contributed by atoms with Crippen molar-refractivity contribution in [3.8, 4) is 0 Å². The zero-order valence-electron chi connectivity index (χ0n) is 19.6. The molecule has 4 atom stereocenters. The molecule has 3 amide bonds. The molecule has 1 aliphatic rings. The largest absolute Gasteiger partial charge is 0.471 e. The van der Waals surface area contributed by atoms with E-state index in [1.54, 1.807) is 44.3 Å². The molecule has 1 aromatic carbocycles. The number of rotatable bonds is 10. The standard InChI is InChI=1S/C23H33F3N4O4/c1-15(27-3)20(32)28-19(16(2)31)21(33)30-12-7-10-18(30)14-29(22(34)23(24,25)26)13-11-17-8-5-4-6-9-17/h4-6,8-9,15-16,18-19,27,31H,7,10-14H2,1-3H3,(H,28,32)/t15-,16+,18-,19-/m0/s1. The molecule has 0 unspecified atom stereocenters. The highest BCUT2D eigenvalue weighted by molar-refractivity contribution is 5.90. The van der Waals surface area contributed by atoms with E-state index in [0.29, 0.717) is 12.8 Å². The number of nitrogens with zero attached hydrogens (tertiary/aromatic N) is 2. The number of alkyl halides is 3. The summed E-state index contributed by atoms with van der Waals surface area (Å²) >= 11 is 0. The highest BCUT2D eigenvalue weighted by Gasteiger charge is 2.44. The third-order valence-corrected chi connectivity index (χ3v) is 6.01.